The van der Waals surface area contributed by atoms with Crippen LogP contribution in [0.5, 0.6) is 0 Å². The van der Waals surface area contributed by atoms with Crippen LogP contribution in [0.25, 0.3) is 0 Å². The lowest BCUT2D eigenvalue weighted by Gasteiger charge is -2.39. The van der Waals surface area contributed by atoms with Crippen molar-refractivity contribution in [2.75, 3.05) is 26.2 Å². The second-order valence-electron chi connectivity index (χ2n) is 5.56. The summed E-state index contributed by atoms with van der Waals surface area (Å²) in [6.45, 7) is 7.96. The van der Waals surface area contributed by atoms with Crippen LogP contribution in [-0.2, 0) is 9.47 Å². The third-order valence-corrected chi connectivity index (χ3v) is 4.28. The van der Waals surface area contributed by atoms with E-state index >= 15 is 0 Å². The number of nitrogens with zero attached hydrogens (tertiary/aromatic N) is 1. The van der Waals surface area contributed by atoms with Crippen molar-refractivity contribution in [3.63, 3.8) is 0 Å². The van der Waals surface area contributed by atoms with Crippen molar-refractivity contribution >= 4 is 0 Å². The molecule has 2 heterocycles. The van der Waals surface area contributed by atoms with E-state index in [0.29, 0.717) is 30.9 Å². The largest absolute Gasteiger partial charge is 0.378 e. The summed E-state index contributed by atoms with van der Waals surface area (Å²) >= 11 is 0. The van der Waals surface area contributed by atoms with E-state index in [1.165, 1.54) is 6.42 Å². The lowest BCUT2D eigenvalue weighted by molar-refractivity contribution is -0.0367. The van der Waals surface area contributed by atoms with Crippen LogP contribution in [0.1, 0.15) is 39.5 Å². The molecule has 0 aromatic rings. The molecule has 2 N–H and O–H groups in total. The molecule has 3 atom stereocenters. The van der Waals surface area contributed by atoms with Crippen LogP contribution < -0.4 is 5.73 Å². The van der Waals surface area contributed by atoms with Gasteiger partial charge in [-0.15, -0.1) is 0 Å². The molecule has 0 aromatic heterocycles. The van der Waals surface area contributed by atoms with Gasteiger partial charge in [0.2, 0.25) is 0 Å². The minimum absolute atomic E-state index is 0.341. The first-order valence-electron chi connectivity index (χ1n) is 7.45. The normalized spacial score (nSPS) is 32.8. The molecule has 3 unspecified atom stereocenters. The molecule has 106 valence electrons. The molecule has 2 aliphatic rings. The van der Waals surface area contributed by atoms with E-state index in [4.69, 9.17) is 15.2 Å². The summed E-state index contributed by atoms with van der Waals surface area (Å²) in [6.07, 6.45) is 5.80. The van der Waals surface area contributed by atoms with Crippen molar-refractivity contribution < 1.29 is 9.47 Å². The molecule has 0 saturated carbocycles. The van der Waals surface area contributed by atoms with Crippen molar-refractivity contribution in [2.24, 2.45) is 5.73 Å². The van der Waals surface area contributed by atoms with Gasteiger partial charge in [-0.05, 0) is 39.5 Å². The monoisotopic (exact) mass is 256 g/mol. The number of piperidine rings is 1. The molecule has 0 aromatic carbocycles. The van der Waals surface area contributed by atoms with Gasteiger partial charge in [0.1, 0.15) is 0 Å². The predicted molar refractivity (Wildman–Crippen MR) is 72.6 cm³/mol. The zero-order valence-corrected chi connectivity index (χ0v) is 11.8. The quantitative estimate of drug-likeness (QED) is 0.807. The molecule has 0 aliphatic carbocycles. The molecule has 2 aliphatic heterocycles. The molecule has 2 rings (SSSR count). The third-order valence-electron chi connectivity index (χ3n) is 4.28. The van der Waals surface area contributed by atoms with Crippen molar-refractivity contribution in [1.29, 1.82) is 0 Å². The standard InChI is InChI=1S/C14H28N2O2/c1-3-17-12-6-8-16(9-7-12)13(10-15)14-5-4-11(2)18-14/h11-14H,3-10,15H2,1-2H3. The van der Waals surface area contributed by atoms with Gasteiger partial charge in [0, 0.05) is 32.3 Å². The highest BCUT2D eigenvalue weighted by atomic mass is 16.5. The fraction of sp³-hybridized carbons (Fsp3) is 1.00. The summed E-state index contributed by atoms with van der Waals surface area (Å²) in [7, 11) is 0. The average Bonchev–Trinajstić information content (AvgIpc) is 2.79. The van der Waals surface area contributed by atoms with Gasteiger partial charge in [0.15, 0.2) is 0 Å². The summed E-state index contributed by atoms with van der Waals surface area (Å²) in [5.74, 6) is 0. The van der Waals surface area contributed by atoms with E-state index in [9.17, 15) is 0 Å². The first kappa shape index (κ1) is 14.3. The van der Waals surface area contributed by atoms with E-state index in [1.807, 2.05) is 0 Å². The van der Waals surface area contributed by atoms with Crippen molar-refractivity contribution in [2.45, 2.75) is 63.9 Å². The highest BCUT2D eigenvalue weighted by Crippen LogP contribution is 2.26. The highest BCUT2D eigenvalue weighted by Gasteiger charge is 2.34. The number of ether oxygens (including phenoxy) is 2. The Balaban J connectivity index is 1.82. The van der Waals surface area contributed by atoms with Gasteiger partial charge in [0.25, 0.3) is 0 Å². The Kier molecular flexibility index (Phi) is 5.42. The Morgan fingerprint density at radius 1 is 1.28 bits per heavy atom. The van der Waals surface area contributed by atoms with Crippen LogP contribution in [0, 0.1) is 0 Å². The Morgan fingerprint density at radius 2 is 2.00 bits per heavy atom. The van der Waals surface area contributed by atoms with Crippen LogP contribution in [-0.4, -0.2) is 55.5 Å². The Labute approximate surface area is 111 Å². The second kappa shape index (κ2) is 6.85. The van der Waals surface area contributed by atoms with Crippen molar-refractivity contribution in [1.82, 2.24) is 4.90 Å². The first-order chi connectivity index (χ1) is 8.74. The maximum absolute atomic E-state index is 5.99. The molecule has 0 amide bonds. The average molecular weight is 256 g/mol. The fourth-order valence-electron chi connectivity index (χ4n) is 3.26. The number of hydrogen-bond donors (Lipinski definition) is 1. The number of likely N-dealkylation sites (tertiary alicyclic amines) is 1. The third kappa shape index (κ3) is 3.44. The molecule has 4 heteroatoms. The number of nitrogens with two attached hydrogens (primary N) is 1. The van der Waals surface area contributed by atoms with Crippen molar-refractivity contribution in [3.05, 3.63) is 0 Å². The Bertz CT molecular complexity index is 242. The van der Waals surface area contributed by atoms with E-state index in [2.05, 4.69) is 18.7 Å². The molecular formula is C14H28N2O2. The summed E-state index contributed by atoms with van der Waals surface area (Å²) in [5.41, 5.74) is 5.97. The number of hydrogen-bond acceptors (Lipinski definition) is 4. The van der Waals surface area contributed by atoms with E-state index < -0.39 is 0 Å². The summed E-state index contributed by atoms with van der Waals surface area (Å²) in [4.78, 5) is 2.51. The topological polar surface area (TPSA) is 47.7 Å². The van der Waals surface area contributed by atoms with Gasteiger partial charge < -0.3 is 15.2 Å². The van der Waals surface area contributed by atoms with E-state index in [1.54, 1.807) is 0 Å². The van der Waals surface area contributed by atoms with Gasteiger partial charge in [-0.2, -0.15) is 0 Å². The molecule has 2 saturated heterocycles. The predicted octanol–water partition coefficient (Wildman–Crippen LogP) is 1.38. The Morgan fingerprint density at radius 3 is 2.50 bits per heavy atom. The lowest BCUT2D eigenvalue weighted by atomic mass is 10.0. The van der Waals surface area contributed by atoms with Gasteiger partial charge >= 0.3 is 0 Å². The van der Waals surface area contributed by atoms with Gasteiger partial charge in [-0.25, -0.2) is 0 Å². The molecule has 0 radical (unpaired) electrons. The Hall–Kier alpha value is -0.160. The summed E-state index contributed by atoms with van der Waals surface area (Å²) < 4.78 is 11.7. The van der Waals surface area contributed by atoms with Crippen LogP contribution in [0.2, 0.25) is 0 Å². The fourth-order valence-corrected chi connectivity index (χ4v) is 3.26. The maximum atomic E-state index is 5.99. The molecule has 2 fully saturated rings. The molecule has 0 spiro atoms. The molecule has 0 bridgehead atoms. The van der Waals surface area contributed by atoms with Gasteiger partial charge in [0.05, 0.1) is 18.3 Å². The minimum Gasteiger partial charge on any atom is -0.378 e. The van der Waals surface area contributed by atoms with Crippen LogP contribution >= 0.6 is 0 Å². The molecule has 4 nitrogen and oxygen atoms in total. The van der Waals surface area contributed by atoms with Crippen LogP contribution in [0.15, 0.2) is 0 Å². The van der Waals surface area contributed by atoms with E-state index in [0.717, 1.165) is 39.0 Å². The first-order valence-corrected chi connectivity index (χ1v) is 7.45. The van der Waals surface area contributed by atoms with Crippen LogP contribution in [0.4, 0.5) is 0 Å². The molecular weight excluding hydrogens is 228 g/mol. The zero-order valence-electron chi connectivity index (χ0n) is 11.8. The van der Waals surface area contributed by atoms with Crippen molar-refractivity contribution in [3.8, 4) is 0 Å². The summed E-state index contributed by atoms with van der Waals surface area (Å²) in [6, 6.07) is 0.400. The lowest BCUT2D eigenvalue weighted by Crippen LogP contribution is -2.52. The van der Waals surface area contributed by atoms with Gasteiger partial charge in [-0.1, -0.05) is 0 Å². The smallest absolute Gasteiger partial charge is 0.0747 e. The van der Waals surface area contributed by atoms with E-state index in [-0.39, 0.29) is 0 Å². The SMILES string of the molecule is CCOC1CCN(C(CN)C2CCC(C)O2)CC1. The molecule has 18 heavy (non-hydrogen) atoms. The zero-order chi connectivity index (χ0) is 13.0. The summed E-state index contributed by atoms with van der Waals surface area (Å²) in [5, 5.41) is 0. The number of rotatable bonds is 5. The van der Waals surface area contributed by atoms with Crippen LogP contribution in [0.3, 0.4) is 0 Å². The maximum Gasteiger partial charge on any atom is 0.0747 e. The second-order valence-corrected chi connectivity index (χ2v) is 5.56. The minimum atomic E-state index is 0.341. The van der Waals surface area contributed by atoms with Gasteiger partial charge in [-0.3, -0.25) is 4.90 Å². The highest BCUT2D eigenvalue weighted by molar-refractivity contribution is 4.88.